The SMILES string of the molecule is C=C(Cl)CN(C(=O)C(F)(F)F)c1ccc(Cl)cc1. The molecule has 1 amide bonds. The number of hydrogen-bond donors (Lipinski definition) is 0. The third-order valence-corrected chi connectivity index (χ3v) is 2.33. The van der Waals surface area contributed by atoms with Gasteiger partial charge < -0.3 is 0 Å². The maximum absolute atomic E-state index is 12.4. The van der Waals surface area contributed by atoms with Crippen molar-refractivity contribution in [2.45, 2.75) is 6.18 Å². The average molecular weight is 298 g/mol. The number of alkyl halides is 3. The van der Waals surface area contributed by atoms with Gasteiger partial charge in [-0.3, -0.25) is 9.69 Å². The summed E-state index contributed by atoms with van der Waals surface area (Å²) in [6.07, 6.45) is -4.98. The van der Waals surface area contributed by atoms with Gasteiger partial charge in [0.1, 0.15) is 0 Å². The second-order valence-electron chi connectivity index (χ2n) is 3.38. The standard InChI is InChI=1S/C11H8Cl2F3NO/c1-7(12)6-17(10(18)11(14,15)16)9-4-2-8(13)3-5-9/h2-5H,1,6H2. The Hall–Kier alpha value is -1.20. The maximum Gasteiger partial charge on any atom is 0.471 e. The molecule has 0 heterocycles. The van der Waals surface area contributed by atoms with Crippen molar-refractivity contribution in [1.82, 2.24) is 0 Å². The number of carbonyl (C=O) groups excluding carboxylic acids is 1. The first-order chi connectivity index (χ1) is 8.21. The van der Waals surface area contributed by atoms with E-state index in [-0.39, 0.29) is 10.7 Å². The van der Waals surface area contributed by atoms with Crippen LogP contribution in [0.25, 0.3) is 0 Å². The highest BCUT2D eigenvalue weighted by atomic mass is 35.5. The van der Waals surface area contributed by atoms with Crippen LogP contribution in [0.5, 0.6) is 0 Å². The van der Waals surface area contributed by atoms with E-state index in [1.54, 1.807) is 0 Å². The lowest BCUT2D eigenvalue weighted by atomic mass is 10.2. The van der Waals surface area contributed by atoms with E-state index < -0.39 is 18.6 Å². The van der Waals surface area contributed by atoms with Gasteiger partial charge in [-0.25, -0.2) is 0 Å². The topological polar surface area (TPSA) is 20.3 Å². The fraction of sp³-hybridized carbons (Fsp3) is 0.182. The summed E-state index contributed by atoms with van der Waals surface area (Å²) >= 11 is 11.1. The van der Waals surface area contributed by atoms with Crippen molar-refractivity contribution >= 4 is 34.8 Å². The molecule has 0 spiro atoms. The zero-order valence-corrected chi connectivity index (χ0v) is 10.5. The first kappa shape index (κ1) is 14.9. The number of anilines is 1. The number of halogens is 5. The van der Waals surface area contributed by atoms with Crippen molar-refractivity contribution in [3.05, 3.63) is 40.9 Å². The van der Waals surface area contributed by atoms with Crippen molar-refractivity contribution in [3.63, 3.8) is 0 Å². The van der Waals surface area contributed by atoms with Gasteiger partial charge >= 0.3 is 12.1 Å². The van der Waals surface area contributed by atoms with Gasteiger partial charge in [-0.05, 0) is 24.3 Å². The molecule has 7 heteroatoms. The number of nitrogens with zero attached hydrogens (tertiary/aromatic N) is 1. The summed E-state index contributed by atoms with van der Waals surface area (Å²) in [5.74, 6) is -2.01. The molecule has 0 radical (unpaired) electrons. The van der Waals surface area contributed by atoms with E-state index in [2.05, 4.69) is 6.58 Å². The Balaban J connectivity index is 3.09. The molecular formula is C11H8Cl2F3NO. The van der Waals surface area contributed by atoms with E-state index in [1.807, 2.05) is 0 Å². The molecule has 18 heavy (non-hydrogen) atoms. The molecular weight excluding hydrogens is 290 g/mol. The summed E-state index contributed by atoms with van der Waals surface area (Å²) in [7, 11) is 0. The minimum atomic E-state index is -4.98. The van der Waals surface area contributed by atoms with Crippen molar-refractivity contribution in [3.8, 4) is 0 Å². The largest absolute Gasteiger partial charge is 0.471 e. The molecule has 2 nitrogen and oxygen atoms in total. The van der Waals surface area contributed by atoms with Crippen LogP contribution >= 0.6 is 23.2 Å². The molecule has 1 rings (SSSR count). The van der Waals surface area contributed by atoms with Gasteiger partial charge in [0, 0.05) is 15.7 Å². The van der Waals surface area contributed by atoms with E-state index in [0.29, 0.717) is 9.92 Å². The molecule has 0 saturated carbocycles. The fourth-order valence-corrected chi connectivity index (χ4v) is 1.47. The van der Waals surface area contributed by atoms with Crippen molar-refractivity contribution in [2.75, 3.05) is 11.4 Å². The summed E-state index contributed by atoms with van der Waals surface area (Å²) in [6, 6.07) is 5.35. The van der Waals surface area contributed by atoms with E-state index in [9.17, 15) is 18.0 Å². The number of amides is 1. The van der Waals surface area contributed by atoms with Gasteiger partial charge in [-0.15, -0.1) is 0 Å². The predicted molar refractivity (Wildman–Crippen MR) is 64.9 cm³/mol. The number of hydrogen-bond acceptors (Lipinski definition) is 1. The first-order valence-electron chi connectivity index (χ1n) is 4.69. The Morgan fingerprint density at radius 2 is 1.78 bits per heavy atom. The van der Waals surface area contributed by atoms with Crippen LogP contribution in [-0.2, 0) is 4.79 Å². The second kappa shape index (κ2) is 5.63. The van der Waals surface area contributed by atoms with Crippen LogP contribution in [0.3, 0.4) is 0 Å². The molecule has 0 unspecified atom stereocenters. The second-order valence-corrected chi connectivity index (χ2v) is 4.35. The Kier molecular flexibility index (Phi) is 4.65. The quantitative estimate of drug-likeness (QED) is 0.826. The van der Waals surface area contributed by atoms with Crippen LogP contribution in [-0.4, -0.2) is 18.6 Å². The molecule has 0 aromatic heterocycles. The Bertz CT molecular complexity index is 456. The van der Waals surface area contributed by atoms with Crippen molar-refractivity contribution in [1.29, 1.82) is 0 Å². The van der Waals surface area contributed by atoms with Gasteiger partial charge in [0.25, 0.3) is 0 Å². The van der Waals surface area contributed by atoms with Crippen LogP contribution in [0.15, 0.2) is 35.9 Å². The third-order valence-electron chi connectivity index (χ3n) is 1.96. The molecule has 98 valence electrons. The molecule has 0 N–H and O–H groups in total. The number of carbonyl (C=O) groups is 1. The molecule has 1 aromatic carbocycles. The average Bonchev–Trinajstić information content (AvgIpc) is 2.25. The summed E-state index contributed by atoms with van der Waals surface area (Å²) < 4.78 is 37.3. The van der Waals surface area contributed by atoms with Gasteiger partial charge in [-0.2, -0.15) is 13.2 Å². The molecule has 0 aliphatic carbocycles. The highest BCUT2D eigenvalue weighted by Gasteiger charge is 2.43. The lowest BCUT2D eigenvalue weighted by molar-refractivity contribution is -0.170. The Morgan fingerprint density at radius 1 is 1.28 bits per heavy atom. The Morgan fingerprint density at radius 3 is 2.17 bits per heavy atom. The van der Waals surface area contributed by atoms with E-state index in [0.717, 1.165) is 0 Å². The van der Waals surface area contributed by atoms with Gasteiger partial charge in [0.05, 0.1) is 6.54 Å². The highest BCUT2D eigenvalue weighted by Crippen LogP contribution is 2.26. The van der Waals surface area contributed by atoms with Crippen LogP contribution in [0.1, 0.15) is 0 Å². The normalized spacial score (nSPS) is 11.2. The summed E-state index contributed by atoms with van der Waals surface area (Å²) in [5, 5.41) is 0.269. The number of rotatable bonds is 3. The summed E-state index contributed by atoms with van der Waals surface area (Å²) in [5.41, 5.74) is 0.0449. The predicted octanol–water partition coefficient (Wildman–Crippen LogP) is 3.99. The molecule has 0 fully saturated rings. The smallest absolute Gasteiger partial charge is 0.299 e. The first-order valence-corrected chi connectivity index (χ1v) is 5.45. The lowest BCUT2D eigenvalue weighted by Gasteiger charge is -2.23. The highest BCUT2D eigenvalue weighted by molar-refractivity contribution is 6.31. The van der Waals surface area contributed by atoms with Crippen LogP contribution in [0.2, 0.25) is 5.02 Å². The maximum atomic E-state index is 12.4. The molecule has 1 aromatic rings. The minimum Gasteiger partial charge on any atom is -0.299 e. The fourth-order valence-electron chi connectivity index (χ4n) is 1.23. The lowest BCUT2D eigenvalue weighted by Crippen LogP contribution is -2.41. The van der Waals surface area contributed by atoms with Gasteiger partial charge in [0.15, 0.2) is 0 Å². The number of benzene rings is 1. The molecule has 0 atom stereocenters. The zero-order chi connectivity index (χ0) is 13.9. The minimum absolute atomic E-state index is 0.0449. The molecule has 0 bridgehead atoms. The monoisotopic (exact) mass is 297 g/mol. The van der Waals surface area contributed by atoms with Gasteiger partial charge in [0.2, 0.25) is 0 Å². The molecule has 0 aliphatic rings. The van der Waals surface area contributed by atoms with E-state index >= 15 is 0 Å². The van der Waals surface area contributed by atoms with Gasteiger partial charge in [-0.1, -0.05) is 29.8 Å². The third kappa shape index (κ3) is 3.92. The molecule has 0 saturated heterocycles. The van der Waals surface area contributed by atoms with Crippen LogP contribution in [0.4, 0.5) is 18.9 Å². The zero-order valence-electron chi connectivity index (χ0n) is 8.97. The summed E-state index contributed by atoms with van der Waals surface area (Å²) in [4.78, 5) is 11.7. The van der Waals surface area contributed by atoms with Crippen LogP contribution in [0, 0.1) is 0 Å². The van der Waals surface area contributed by atoms with Crippen LogP contribution < -0.4 is 4.90 Å². The van der Waals surface area contributed by atoms with Crippen molar-refractivity contribution < 1.29 is 18.0 Å². The Labute approximate surface area is 112 Å². The summed E-state index contributed by atoms with van der Waals surface area (Å²) in [6.45, 7) is 2.85. The van der Waals surface area contributed by atoms with E-state index in [4.69, 9.17) is 23.2 Å². The van der Waals surface area contributed by atoms with Crippen molar-refractivity contribution in [2.24, 2.45) is 0 Å². The van der Waals surface area contributed by atoms with E-state index in [1.165, 1.54) is 24.3 Å². The molecule has 0 aliphatic heterocycles.